The van der Waals surface area contributed by atoms with E-state index in [-0.39, 0.29) is 53.6 Å². The van der Waals surface area contributed by atoms with Crippen LogP contribution in [0.15, 0.2) is 102 Å². The van der Waals surface area contributed by atoms with Gasteiger partial charge in [-0.15, -0.1) is 0 Å². The average molecular weight is 1050 g/mol. The average Bonchev–Trinajstić information content (AvgIpc) is 4.22. The van der Waals surface area contributed by atoms with E-state index in [9.17, 15) is 36.5 Å². The molecule has 21 heteroatoms. The van der Waals surface area contributed by atoms with Crippen LogP contribution >= 0.6 is 0 Å². The molecule has 3 N–H and O–H groups in total. The lowest BCUT2D eigenvalue weighted by Crippen LogP contribution is -2.55. The van der Waals surface area contributed by atoms with Crippen LogP contribution < -0.4 is 24.6 Å². The normalized spacial score (nSPS) is 22.1. The number of likely N-dealkylation sites (tertiary alicyclic amines) is 1. The predicted molar refractivity (Wildman–Crippen MR) is 274 cm³/mol. The second-order valence-corrected chi connectivity index (χ2v) is 22.5. The van der Waals surface area contributed by atoms with Gasteiger partial charge in [0.25, 0.3) is 21.6 Å². The number of nitro groups is 1. The number of ether oxygens (including phenoxy) is 3. The molecule has 6 aliphatic rings. The highest BCUT2D eigenvalue weighted by Crippen LogP contribution is 2.55. The van der Waals surface area contributed by atoms with E-state index in [1.165, 1.54) is 24.4 Å². The number of anilines is 4. The first-order valence-electron chi connectivity index (χ1n) is 25.7. The number of nitro benzene ring substituents is 1. The summed E-state index contributed by atoms with van der Waals surface area (Å²) in [5.41, 5.74) is 2.92. The molecule has 6 aromatic rings. The second-order valence-electron chi connectivity index (χ2n) is 20.8. The van der Waals surface area contributed by atoms with E-state index in [0.717, 1.165) is 99.8 Å². The van der Waals surface area contributed by atoms with Crippen LogP contribution in [0.2, 0.25) is 0 Å². The lowest BCUT2D eigenvalue weighted by atomic mass is 9.59. The third kappa shape index (κ3) is 9.30. The molecule has 17 nitrogen and oxygen atoms in total. The van der Waals surface area contributed by atoms with Gasteiger partial charge in [-0.3, -0.25) is 24.8 Å². The molecule has 0 bridgehead atoms. The Kier molecular flexibility index (Phi) is 12.7. The van der Waals surface area contributed by atoms with Gasteiger partial charge >= 0.3 is 6.18 Å². The number of aromatic amines is 1. The Hall–Kier alpha value is -6.81. The maximum atomic E-state index is 14.6. The summed E-state index contributed by atoms with van der Waals surface area (Å²) in [6.07, 6.45) is 5.35. The summed E-state index contributed by atoms with van der Waals surface area (Å²) in [5.74, 6) is -0.361. The molecule has 1 amide bonds. The number of H-pyrrole nitrogens is 1. The summed E-state index contributed by atoms with van der Waals surface area (Å²) >= 11 is 0. The van der Waals surface area contributed by atoms with Crippen LogP contribution in [-0.2, 0) is 25.7 Å². The van der Waals surface area contributed by atoms with Crippen molar-refractivity contribution in [3.63, 3.8) is 0 Å². The summed E-state index contributed by atoms with van der Waals surface area (Å²) < 4.78 is 90.9. The van der Waals surface area contributed by atoms with Crippen molar-refractivity contribution in [2.24, 2.45) is 11.3 Å². The first kappa shape index (κ1) is 49.1. The van der Waals surface area contributed by atoms with Crippen LogP contribution in [0.4, 0.5) is 41.6 Å². The van der Waals surface area contributed by atoms with Gasteiger partial charge in [0.05, 0.1) is 51.6 Å². The molecule has 3 aromatic heterocycles. The lowest BCUT2D eigenvalue weighted by Gasteiger charge is -2.56. The van der Waals surface area contributed by atoms with Crippen molar-refractivity contribution in [1.29, 1.82) is 0 Å². The minimum Gasteiger partial charge on any atom is -0.468 e. The zero-order valence-corrected chi connectivity index (χ0v) is 41.7. The number of piperidine rings is 1. The number of benzene rings is 3. The Bertz CT molecular complexity index is 3280. The van der Waals surface area contributed by atoms with Crippen molar-refractivity contribution in [2.45, 2.75) is 86.7 Å². The first-order valence-corrected chi connectivity index (χ1v) is 27.2. The third-order valence-corrected chi connectivity index (χ3v) is 17.8. The molecular weight excluding hydrogens is 992 g/mol. The Morgan fingerprint density at radius 2 is 1.73 bits per heavy atom. The standard InChI is InChI=1S/C54H56F3N9O8S/c55-54(56,57)41-7-3-18-58-49(41)39-6-2-1-5-38(39)43-8-4-20-64(43)36-28-53(29-36)16-21-63(22-17-53)35-9-11-40(44(26-35)65-46-25-34-13-19-59-50(34)61-52(46)74-48-32-73-31-47(48)65)51(67)62-75(70,71)37-10-12-42(45(27-37)66(68)69)60-30-33-14-23-72-24-15-33/h1-3,5-7,9-13,18-19,25-27,33,36,43,47-48,60H,4,8,14-17,20-24,28-32H2,(H,59,61)(H,62,67)/t43-,47+,48+/m0/s1. The monoisotopic (exact) mass is 1050 g/mol. The number of hydrogen-bond acceptors (Lipinski definition) is 14. The highest BCUT2D eigenvalue weighted by atomic mass is 32.2. The molecule has 75 heavy (non-hydrogen) atoms. The molecule has 0 radical (unpaired) electrons. The topological polar surface area (TPSA) is 197 Å². The Morgan fingerprint density at radius 3 is 2.53 bits per heavy atom. The molecule has 8 heterocycles. The van der Waals surface area contributed by atoms with E-state index in [4.69, 9.17) is 19.2 Å². The zero-order chi connectivity index (χ0) is 51.6. The summed E-state index contributed by atoms with van der Waals surface area (Å²) in [7, 11) is -4.65. The molecule has 3 aromatic carbocycles. The van der Waals surface area contributed by atoms with Gasteiger partial charge in [-0.25, -0.2) is 13.1 Å². The van der Waals surface area contributed by atoms with E-state index >= 15 is 0 Å². The molecule has 5 fully saturated rings. The first-order chi connectivity index (χ1) is 36.2. The summed E-state index contributed by atoms with van der Waals surface area (Å²) in [6, 6.07) is 22.4. The predicted octanol–water partition coefficient (Wildman–Crippen LogP) is 9.39. The third-order valence-electron chi connectivity index (χ3n) is 16.4. The number of halogens is 3. The van der Waals surface area contributed by atoms with Crippen molar-refractivity contribution in [1.82, 2.24) is 24.6 Å². The van der Waals surface area contributed by atoms with Crippen molar-refractivity contribution >= 4 is 55.4 Å². The van der Waals surface area contributed by atoms with Gasteiger partial charge in [-0.1, -0.05) is 24.3 Å². The van der Waals surface area contributed by atoms with Crippen molar-refractivity contribution in [2.75, 3.05) is 67.7 Å². The van der Waals surface area contributed by atoms with Crippen molar-refractivity contribution in [3.05, 3.63) is 124 Å². The molecule has 1 spiro atoms. The quantitative estimate of drug-likeness (QED) is 0.0774. The molecule has 1 saturated carbocycles. The Morgan fingerprint density at radius 1 is 0.920 bits per heavy atom. The minimum atomic E-state index is -4.65. The lowest BCUT2D eigenvalue weighted by molar-refractivity contribution is -0.384. The highest BCUT2D eigenvalue weighted by molar-refractivity contribution is 7.90. The number of carbonyl (C=O) groups excluding carboxylic acids is 1. The van der Waals surface area contributed by atoms with E-state index in [2.05, 4.69) is 29.8 Å². The number of nitrogens with one attached hydrogen (secondary N) is 3. The maximum Gasteiger partial charge on any atom is 0.418 e. The van der Waals surface area contributed by atoms with Gasteiger partial charge in [-0.2, -0.15) is 18.2 Å². The van der Waals surface area contributed by atoms with E-state index in [0.29, 0.717) is 48.2 Å². The number of carbonyl (C=O) groups is 1. The molecule has 1 aliphatic carbocycles. The van der Waals surface area contributed by atoms with E-state index < -0.39 is 55.3 Å². The fourth-order valence-electron chi connectivity index (χ4n) is 12.5. The number of pyridine rings is 2. The zero-order valence-electron chi connectivity index (χ0n) is 40.9. The molecule has 5 aliphatic heterocycles. The minimum absolute atomic E-state index is 0.0248. The van der Waals surface area contributed by atoms with Gasteiger partial charge in [0.2, 0.25) is 5.88 Å². The summed E-state index contributed by atoms with van der Waals surface area (Å²) in [5, 5.41) is 16.2. The largest absolute Gasteiger partial charge is 0.468 e. The van der Waals surface area contributed by atoms with Crippen molar-refractivity contribution < 1.29 is 45.5 Å². The van der Waals surface area contributed by atoms with Crippen LogP contribution in [-0.4, -0.2) is 110 Å². The van der Waals surface area contributed by atoms with Gasteiger partial charge in [0.15, 0.2) is 0 Å². The van der Waals surface area contributed by atoms with E-state index in [1.54, 1.807) is 24.4 Å². The van der Waals surface area contributed by atoms with Gasteiger partial charge in [0.1, 0.15) is 23.1 Å². The van der Waals surface area contributed by atoms with Gasteiger partial charge < -0.3 is 34.3 Å². The van der Waals surface area contributed by atoms with Crippen LogP contribution in [0.5, 0.6) is 5.88 Å². The number of hydrogen-bond donors (Lipinski definition) is 3. The molecule has 4 saturated heterocycles. The number of sulfonamides is 1. The van der Waals surface area contributed by atoms with Crippen LogP contribution in [0.25, 0.3) is 22.3 Å². The molecule has 0 unspecified atom stereocenters. The smallest absolute Gasteiger partial charge is 0.418 e. The van der Waals surface area contributed by atoms with Crippen molar-refractivity contribution in [3.8, 4) is 17.1 Å². The number of aromatic nitrogens is 3. The highest BCUT2D eigenvalue weighted by Gasteiger charge is 2.51. The number of nitrogens with zero attached hydrogens (tertiary/aromatic N) is 6. The van der Waals surface area contributed by atoms with Gasteiger partial charge in [0, 0.05) is 80.0 Å². The maximum absolute atomic E-state index is 14.6. The van der Waals surface area contributed by atoms with Gasteiger partial charge in [-0.05, 0) is 129 Å². The van der Waals surface area contributed by atoms with Crippen LogP contribution in [0, 0.1) is 21.4 Å². The fraction of sp³-hybridized carbons (Fsp3) is 0.426. The SMILES string of the molecule is O=C(NS(=O)(=O)c1ccc(NCC2CCOCC2)c([N+](=O)[O-])c1)c1ccc(N2CCC3(CC2)CC(N2CCC[C@H]2c2ccccc2-c2ncccc2C(F)(F)F)C3)cc1N1c2cc3cc[nH]c3nc2O[C@@H]2COC[C@H]21. The summed E-state index contributed by atoms with van der Waals surface area (Å²) in [4.78, 5) is 44.8. The molecular formula is C54H56F3N9O8S. The number of rotatable bonds is 12. The second kappa shape index (κ2) is 19.4. The molecule has 392 valence electrons. The molecule has 3 atom stereocenters. The fourth-order valence-corrected chi connectivity index (χ4v) is 13.5. The molecule has 12 rings (SSSR count). The number of amides is 1. The Labute approximate surface area is 431 Å². The number of fused-ring (bicyclic) bond motifs is 3. The van der Waals surface area contributed by atoms with Crippen LogP contribution in [0.3, 0.4) is 0 Å². The van der Waals surface area contributed by atoms with E-state index in [1.807, 2.05) is 41.3 Å². The summed E-state index contributed by atoms with van der Waals surface area (Å²) in [6.45, 7) is 4.50. The van der Waals surface area contributed by atoms with Crippen LogP contribution in [0.1, 0.15) is 78.9 Å². The number of alkyl halides is 3. The Balaban J connectivity index is 0.804.